The number of fused-ring (bicyclic) bond motifs is 1. The van der Waals surface area contributed by atoms with Crippen LogP contribution in [0.1, 0.15) is 15.4 Å². The first-order valence-corrected chi connectivity index (χ1v) is 7.87. The number of pyridine rings is 1. The second-order valence-corrected chi connectivity index (χ2v) is 5.95. The Morgan fingerprint density at radius 2 is 2.22 bits per heavy atom. The van der Waals surface area contributed by atoms with Gasteiger partial charge in [0.05, 0.1) is 18.5 Å². The van der Waals surface area contributed by atoms with Gasteiger partial charge >= 0.3 is 0 Å². The molecule has 7 nitrogen and oxygen atoms in total. The molecular formula is C14H13N5O2S2. The van der Waals surface area contributed by atoms with Crippen LogP contribution in [0.4, 0.5) is 5.69 Å². The van der Waals surface area contributed by atoms with Crippen molar-refractivity contribution in [3.05, 3.63) is 47.4 Å². The number of thiophene rings is 1. The van der Waals surface area contributed by atoms with Crippen LogP contribution in [0.3, 0.4) is 0 Å². The van der Waals surface area contributed by atoms with Crippen molar-refractivity contribution in [2.45, 2.75) is 6.54 Å². The number of carbonyl (C=O) groups is 1. The fraction of sp³-hybridized carbons (Fsp3) is 0.0714. The number of hydrogen-bond donors (Lipinski definition) is 4. The number of aromatic nitrogens is 1. The Labute approximate surface area is 140 Å². The van der Waals surface area contributed by atoms with Crippen molar-refractivity contribution in [1.82, 2.24) is 21.2 Å². The van der Waals surface area contributed by atoms with Crippen LogP contribution < -0.4 is 21.9 Å². The van der Waals surface area contributed by atoms with E-state index in [1.807, 2.05) is 12.1 Å². The Bertz CT molecular complexity index is 844. The summed E-state index contributed by atoms with van der Waals surface area (Å²) in [6, 6.07) is 7.21. The molecule has 3 aromatic heterocycles. The summed E-state index contributed by atoms with van der Waals surface area (Å²) in [4.78, 5) is 17.5. The summed E-state index contributed by atoms with van der Waals surface area (Å²) in [6.07, 6.45) is 3.24. The molecule has 0 saturated heterocycles. The molecule has 0 aromatic carbocycles. The first-order chi connectivity index (χ1) is 11.1. The van der Waals surface area contributed by atoms with Gasteiger partial charge in [-0.3, -0.25) is 15.6 Å². The molecule has 5 N–H and O–H groups in total. The van der Waals surface area contributed by atoms with Crippen molar-refractivity contribution in [2.24, 2.45) is 0 Å². The second-order valence-electron chi connectivity index (χ2n) is 4.54. The van der Waals surface area contributed by atoms with E-state index >= 15 is 0 Å². The predicted octanol–water partition coefficient (Wildman–Crippen LogP) is 1.78. The van der Waals surface area contributed by atoms with Crippen LogP contribution in [0, 0.1) is 0 Å². The summed E-state index contributed by atoms with van der Waals surface area (Å²) in [6.45, 7) is 0.420. The lowest BCUT2D eigenvalue weighted by molar-refractivity contribution is 0.0948. The van der Waals surface area contributed by atoms with E-state index in [4.69, 9.17) is 22.4 Å². The highest BCUT2D eigenvalue weighted by Crippen LogP contribution is 2.31. The fourth-order valence-corrected chi connectivity index (χ4v) is 3.00. The van der Waals surface area contributed by atoms with Gasteiger partial charge in [0.1, 0.15) is 15.5 Å². The molecule has 0 spiro atoms. The zero-order valence-electron chi connectivity index (χ0n) is 11.8. The number of thiocarbonyl (C=S) groups is 1. The third kappa shape index (κ3) is 3.41. The topological polar surface area (TPSA) is 105 Å². The van der Waals surface area contributed by atoms with Crippen LogP contribution in [0.2, 0.25) is 0 Å². The molecule has 0 aliphatic heterocycles. The molecule has 0 aliphatic rings. The van der Waals surface area contributed by atoms with Gasteiger partial charge in [-0.2, -0.15) is 0 Å². The lowest BCUT2D eigenvalue weighted by Crippen LogP contribution is -2.46. The van der Waals surface area contributed by atoms with Crippen molar-refractivity contribution in [3.8, 4) is 0 Å². The quantitative estimate of drug-likeness (QED) is 0.423. The summed E-state index contributed by atoms with van der Waals surface area (Å²) >= 11 is 6.30. The third-order valence-corrected chi connectivity index (χ3v) is 4.38. The zero-order chi connectivity index (χ0) is 16.2. The number of amides is 1. The van der Waals surface area contributed by atoms with E-state index in [-0.39, 0.29) is 11.0 Å². The molecule has 3 aromatic rings. The predicted molar refractivity (Wildman–Crippen MR) is 92.8 cm³/mol. The number of nitrogens with zero attached hydrogens (tertiary/aromatic N) is 1. The fourth-order valence-electron chi connectivity index (χ4n) is 1.91. The van der Waals surface area contributed by atoms with E-state index in [0.717, 1.165) is 11.1 Å². The molecular weight excluding hydrogens is 334 g/mol. The molecule has 0 atom stereocenters. The van der Waals surface area contributed by atoms with Crippen LogP contribution >= 0.6 is 23.6 Å². The SMILES string of the molecule is Nc1c(C(=O)NNC(=S)NCc2ccco2)sc2ncccc12. The molecule has 3 heterocycles. The minimum absolute atomic E-state index is 0.271. The van der Waals surface area contributed by atoms with Crippen molar-refractivity contribution in [2.75, 3.05) is 5.73 Å². The molecule has 0 unspecified atom stereocenters. The number of hydrogen-bond acceptors (Lipinski definition) is 6. The highest BCUT2D eigenvalue weighted by atomic mass is 32.1. The number of carbonyl (C=O) groups excluding carboxylic acids is 1. The van der Waals surface area contributed by atoms with Gasteiger partial charge < -0.3 is 15.5 Å². The Morgan fingerprint density at radius 1 is 1.35 bits per heavy atom. The van der Waals surface area contributed by atoms with Gasteiger partial charge in [-0.15, -0.1) is 11.3 Å². The van der Waals surface area contributed by atoms with Gasteiger partial charge in [-0.05, 0) is 36.5 Å². The number of nitrogen functional groups attached to an aromatic ring is 1. The number of furan rings is 1. The Morgan fingerprint density at radius 3 is 2.96 bits per heavy atom. The molecule has 0 fully saturated rings. The summed E-state index contributed by atoms with van der Waals surface area (Å²) in [7, 11) is 0. The summed E-state index contributed by atoms with van der Waals surface area (Å²) < 4.78 is 5.17. The van der Waals surface area contributed by atoms with Crippen LogP contribution in [0.15, 0.2) is 41.1 Å². The Hall–Kier alpha value is -2.65. The van der Waals surface area contributed by atoms with Crippen molar-refractivity contribution in [3.63, 3.8) is 0 Å². The van der Waals surface area contributed by atoms with Crippen LogP contribution in [0.5, 0.6) is 0 Å². The first kappa shape index (κ1) is 15.3. The van der Waals surface area contributed by atoms with Crippen molar-refractivity contribution in [1.29, 1.82) is 0 Å². The minimum Gasteiger partial charge on any atom is -0.467 e. The third-order valence-electron chi connectivity index (χ3n) is 3.00. The second kappa shape index (κ2) is 6.63. The normalized spacial score (nSPS) is 10.4. The average Bonchev–Trinajstić information content (AvgIpc) is 3.19. The molecule has 0 bridgehead atoms. The number of nitrogens with one attached hydrogen (secondary N) is 3. The van der Waals surface area contributed by atoms with E-state index in [9.17, 15) is 4.79 Å². The number of nitrogens with two attached hydrogens (primary N) is 1. The Kier molecular flexibility index (Phi) is 4.40. The lowest BCUT2D eigenvalue weighted by Gasteiger charge is -2.10. The standard InChI is InChI=1S/C14H13N5O2S2/c15-10-9-4-1-5-16-13(9)23-11(10)12(20)18-19-14(22)17-7-8-3-2-6-21-8/h1-6H,7,15H2,(H,18,20)(H2,17,19,22). The smallest absolute Gasteiger partial charge is 0.281 e. The maximum absolute atomic E-state index is 12.2. The molecule has 0 radical (unpaired) electrons. The maximum atomic E-state index is 12.2. The highest BCUT2D eigenvalue weighted by Gasteiger charge is 2.16. The van der Waals surface area contributed by atoms with Gasteiger partial charge in [0.15, 0.2) is 5.11 Å². The van der Waals surface area contributed by atoms with Crippen LogP contribution in [0.25, 0.3) is 10.2 Å². The molecule has 23 heavy (non-hydrogen) atoms. The number of rotatable bonds is 3. The van der Waals surface area contributed by atoms with Crippen molar-refractivity contribution < 1.29 is 9.21 Å². The van der Waals surface area contributed by atoms with Crippen LogP contribution in [-0.2, 0) is 6.54 Å². The molecule has 0 aliphatic carbocycles. The van der Waals surface area contributed by atoms with E-state index < -0.39 is 0 Å². The summed E-state index contributed by atoms with van der Waals surface area (Å²) in [5.41, 5.74) is 11.5. The number of hydrazine groups is 1. The minimum atomic E-state index is -0.368. The van der Waals surface area contributed by atoms with Gasteiger partial charge in [0, 0.05) is 11.6 Å². The van der Waals surface area contributed by atoms with Crippen molar-refractivity contribution >= 4 is 50.5 Å². The van der Waals surface area contributed by atoms with E-state index in [0.29, 0.717) is 21.9 Å². The average molecular weight is 347 g/mol. The molecule has 0 saturated carbocycles. The lowest BCUT2D eigenvalue weighted by atomic mass is 10.2. The molecule has 3 rings (SSSR count). The van der Waals surface area contributed by atoms with Gasteiger partial charge in [0.25, 0.3) is 5.91 Å². The first-order valence-electron chi connectivity index (χ1n) is 6.64. The van der Waals surface area contributed by atoms with Gasteiger partial charge in [-0.25, -0.2) is 4.98 Å². The molecule has 1 amide bonds. The van der Waals surface area contributed by atoms with Gasteiger partial charge in [-0.1, -0.05) is 0 Å². The Balaban J connectivity index is 1.58. The zero-order valence-corrected chi connectivity index (χ0v) is 13.5. The summed E-state index contributed by atoms with van der Waals surface area (Å²) in [5, 5.41) is 3.94. The monoisotopic (exact) mass is 347 g/mol. The van der Waals surface area contributed by atoms with E-state index in [2.05, 4.69) is 21.2 Å². The maximum Gasteiger partial charge on any atom is 0.281 e. The highest BCUT2D eigenvalue weighted by molar-refractivity contribution is 7.80. The largest absolute Gasteiger partial charge is 0.467 e. The van der Waals surface area contributed by atoms with Gasteiger partial charge in [0.2, 0.25) is 0 Å². The molecule has 9 heteroatoms. The van der Waals surface area contributed by atoms with Crippen LogP contribution in [-0.4, -0.2) is 16.0 Å². The number of anilines is 1. The molecule has 118 valence electrons. The summed E-state index contributed by atoms with van der Waals surface area (Å²) in [5.74, 6) is 0.368. The van der Waals surface area contributed by atoms with E-state index in [1.165, 1.54) is 11.3 Å². The van der Waals surface area contributed by atoms with E-state index in [1.54, 1.807) is 24.6 Å².